The summed E-state index contributed by atoms with van der Waals surface area (Å²) in [4.78, 5) is 22.3. The zero-order chi connectivity index (χ0) is 22.7. The lowest BCUT2D eigenvalue weighted by Crippen LogP contribution is -2.25. The molecule has 0 aliphatic carbocycles. The average molecular weight is 437 g/mol. The van der Waals surface area contributed by atoms with Crippen LogP contribution in [0, 0.1) is 5.41 Å². The second kappa shape index (κ2) is 8.96. The van der Waals surface area contributed by atoms with Gasteiger partial charge in [0.15, 0.2) is 0 Å². The van der Waals surface area contributed by atoms with Crippen LogP contribution in [0.4, 0.5) is 5.82 Å². The molecule has 2 aromatic rings. The number of fused-ring (bicyclic) bond motifs is 1. The molecule has 4 heterocycles. The molecule has 1 saturated heterocycles. The van der Waals surface area contributed by atoms with Crippen molar-refractivity contribution in [2.75, 3.05) is 25.5 Å². The molecule has 1 fully saturated rings. The number of nitrogens with one attached hydrogen (secondary N) is 4. The van der Waals surface area contributed by atoms with Gasteiger partial charge in [-0.25, -0.2) is 4.98 Å². The summed E-state index contributed by atoms with van der Waals surface area (Å²) in [6, 6.07) is 7.07. The van der Waals surface area contributed by atoms with Gasteiger partial charge in [-0.15, -0.1) is 0 Å². The van der Waals surface area contributed by atoms with Crippen molar-refractivity contribution in [3.63, 3.8) is 0 Å². The van der Waals surface area contributed by atoms with Crippen LogP contribution in [-0.2, 0) is 6.42 Å². The Bertz CT molecular complexity index is 1060. The monoisotopic (exact) mass is 436 g/mol. The van der Waals surface area contributed by atoms with Crippen LogP contribution in [0.5, 0.6) is 11.8 Å². The molecule has 2 aliphatic rings. The van der Waals surface area contributed by atoms with Crippen molar-refractivity contribution in [2.24, 2.45) is 0 Å². The molecule has 168 valence electrons. The second-order valence-corrected chi connectivity index (χ2v) is 8.47. The number of ether oxygens (including phenoxy) is 2. The van der Waals surface area contributed by atoms with Gasteiger partial charge < -0.3 is 30.8 Å². The number of amides is 1. The maximum Gasteiger partial charge on any atom is 0.262 e. The third-order valence-corrected chi connectivity index (χ3v) is 5.30. The van der Waals surface area contributed by atoms with E-state index in [1.807, 2.05) is 13.8 Å². The lowest BCUT2D eigenvalue weighted by atomic mass is 10.0. The quantitative estimate of drug-likeness (QED) is 0.492. The number of carbonyl (C=O) groups excluding carboxylic acids is 1. The first kappa shape index (κ1) is 21.8. The molecule has 4 N–H and O–H groups in total. The van der Waals surface area contributed by atoms with Gasteiger partial charge in [-0.1, -0.05) is 6.07 Å². The van der Waals surface area contributed by atoms with Gasteiger partial charge in [0.2, 0.25) is 11.8 Å². The van der Waals surface area contributed by atoms with E-state index in [4.69, 9.17) is 14.9 Å². The fourth-order valence-electron chi connectivity index (χ4n) is 3.83. The van der Waals surface area contributed by atoms with Crippen LogP contribution in [0.2, 0.25) is 0 Å². The minimum Gasteiger partial charge on any atom is -0.472 e. The summed E-state index contributed by atoms with van der Waals surface area (Å²) in [6.07, 6.45) is 4.34. The van der Waals surface area contributed by atoms with Gasteiger partial charge in [0, 0.05) is 43.6 Å². The number of nitrogens with zero attached hydrogens (tertiary/aromatic N) is 2. The summed E-state index contributed by atoms with van der Waals surface area (Å²) < 4.78 is 12.0. The third kappa shape index (κ3) is 4.72. The van der Waals surface area contributed by atoms with Crippen molar-refractivity contribution < 1.29 is 14.3 Å². The van der Waals surface area contributed by atoms with E-state index in [1.165, 1.54) is 6.21 Å². The zero-order valence-electron chi connectivity index (χ0n) is 18.5. The first-order valence-corrected chi connectivity index (χ1v) is 10.7. The summed E-state index contributed by atoms with van der Waals surface area (Å²) in [5.41, 5.74) is 2.02. The highest BCUT2D eigenvalue weighted by atomic mass is 16.5. The molecule has 2 aliphatic heterocycles. The van der Waals surface area contributed by atoms with E-state index < -0.39 is 0 Å². The van der Waals surface area contributed by atoms with E-state index in [2.05, 4.69) is 25.9 Å². The lowest BCUT2D eigenvalue weighted by molar-refractivity contribution is 0.101. The fraction of sp³-hybridized carbons (Fsp3) is 0.391. The van der Waals surface area contributed by atoms with E-state index in [-0.39, 0.29) is 23.5 Å². The summed E-state index contributed by atoms with van der Waals surface area (Å²) in [7, 11) is 1.75. The minimum atomic E-state index is -0.380. The molecule has 0 radical (unpaired) electrons. The molecule has 1 amide bonds. The predicted octanol–water partition coefficient (Wildman–Crippen LogP) is 2.39. The van der Waals surface area contributed by atoms with Gasteiger partial charge in [-0.05, 0) is 45.0 Å². The van der Waals surface area contributed by atoms with E-state index >= 15 is 0 Å². The standard InChI is InChI=1S/C23H28N6O3/c1-23(2)10-14-9-17(22(29-21(14)32-23)31-16-7-8-26-13-16)20(30)28-19-6-4-5-18(27-19)15(11-24)12-25-3/h4-6,9,11-12,16,24-26H,7-8,10,13H2,1-3H3,(H,27,28,30)/b15-12+,24-11?. The molecule has 9 heteroatoms. The Morgan fingerprint density at radius 3 is 2.94 bits per heavy atom. The van der Waals surface area contributed by atoms with Gasteiger partial charge >= 0.3 is 0 Å². The molecule has 0 spiro atoms. The molecule has 1 atom stereocenters. The SMILES string of the molecule is CN/C=C(\C=N)c1cccc(NC(=O)c2cc3c(nc2OC2CCNC2)OC(C)(C)C3)n1. The number of pyridine rings is 2. The lowest BCUT2D eigenvalue weighted by Gasteiger charge is -2.17. The zero-order valence-corrected chi connectivity index (χ0v) is 18.5. The smallest absolute Gasteiger partial charge is 0.262 e. The highest BCUT2D eigenvalue weighted by Gasteiger charge is 2.34. The Hall–Kier alpha value is -3.46. The number of anilines is 1. The Morgan fingerprint density at radius 1 is 1.38 bits per heavy atom. The molecule has 32 heavy (non-hydrogen) atoms. The maximum absolute atomic E-state index is 13.2. The summed E-state index contributed by atoms with van der Waals surface area (Å²) >= 11 is 0. The molecular formula is C23H28N6O3. The summed E-state index contributed by atoms with van der Waals surface area (Å²) in [5, 5.41) is 16.6. The highest BCUT2D eigenvalue weighted by Crippen LogP contribution is 2.37. The van der Waals surface area contributed by atoms with E-state index in [9.17, 15) is 4.79 Å². The number of hydrogen-bond donors (Lipinski definition) is 4. The van der Waals surface area contributed by atoms with E-state index in [1.54, 1.807) is 37.5 Å². The molecule has 9 nitrogen and oxygen atoms in total. The Kier molecular flexibility index (Phi) is 6.09. The Morgan fingerprint density at radius 2 is 2.22 bits per heavy atom. The van der Waals surface area contributed by atoms with E-state index in [0.29, 0.717) is 41.5 Å². The first-order chi connectivity index (χ1) is 15.4. The summed E-state index contributed by atoms with van der Waals surface area (Å²) in [5.74, 6) is 0.797. The highest BCUT2D eigenvalue weighted by molar-refractivity contribution is 6.08. The fourth-order valence-corrected chi connectivity index (χ4v) is 3.83. The van der Waals surface area contributed by atoms with Gasteiger partial charge in [-0.3, -0.25) is 4.79 Å². The van der Waals surface area contributed by atoms with Gasteiger partial charge in [-0.2, -0.15) is 4.98 Å². The largest absolute Gasteiger partial charge is 0.472 e. The molecule has 0 saturated carbocycles. The van der Waals surface area contributed by atoms with E-state index in [0.717, 1.165) is 18.5 Å². The number of carbonyl (C=O) groups is 1. The molecule has 1 unspecified atom stereocenters. The molecule has 4 rings (SSSR count). The van der Waals surface area contributed by atoms with Crippen LogP contribution >= 0.6 is 0 Å². The van der Waals surface area contributed by atoms with Crippen LogP contribution < -0.4 is 25.4 Å². The second-order valence-electron chi connectivity index (χ2n) is 8.47. The average Bonchev–Trinajstić information content (AvgIpc) is 3.37. The normalized spacial score (nSPS) is 19.1. The number of hydrogen-bond acceptors (Lipinski definition) is 8. The third-order valence-electron chi connectivity index (χ3n) is 5.30. The van der Waals surface area contributed by atoms with Crippen LogP contribution in [0.1, 0.15) is 41.9 Å². The summed E-state index contributed by atoms with van der Waals surface area (Å²) in [6.45, 7) is 5.56. The maximum atomic E-state index is 13.2. The first-order valence-electron chi connectivity index (χ1n) is 10.7. The van der Waals surface area contributed by atoms with Gasteiger partial charge in [0.05, 0.1) is 5.69 Å². The van der Waals surface area contributed by atoms with Crippen molar-refractivity contribution in [3.05, 3.63) is 47.3 Å². The van der Waals surface area contributed by atoms with Crippen molar-refractivity contribution in [1.29, 1.82) is 5.41 Å². The predicted molar refractivity (Wildman–Crippen MR) is 123 cm³/mol. The number of rotatable bonds is 7. The molecule has 2 aromatic heterocycles. The number of aromatic nitrogens is 2. The van der Waals surface area contributed by atoms with Crippen LogP contribution in [0.25, 0.3) is 5.57 Å². The van der Waals surface area contributed by atoms with Crippen LogP contribution in [0.3, 0.4) is 0 Å². The molecule has 0 bridgehead atoms. The van der Waals surface area contributed by atoms with Crippen molar-refractivity contribution in [3.8, 4) is 11.8 Å². The molecular weight excluding hydrogens is 408 g/mol. The van der Waals surface area contributed by atoms with Crippen molar-refractivity contribution in [1.82, 2.24) is 20.6 Å². The van der Waals surface area contributed by atoms with Crippen LogP contribution in [0.15, 0.2) is 30.5 Å². The van der Waals surface area contributed by atoms with Gasteiger partial charge in [0.1, 0.15) is 23.1 Å². The Labute approximate surface area is 187 Å². The topological polar surface area (TPSA) is 121 Å². The van der Waals surface area contributed by atoms with Crippen molar-refractivity contribution >= 4 is 23.5 Å². The van der Waals surface area contributed by atoms with Crippen LogP contribution in [-0.4, -0.2) is 53.9 Å². The molecule has 0 aromatic carbocycles. The minimum absolute atomic E-state index is 0.0511. The van der Waals surface area contributed by atoms with Crippen molar-refractivity contribution in [2.45, 2.75) is 38.4 Å². The van der Waals surface area contributed by atoms with Gasteiger partial charge in [0.25, 0.3) is 5.91 Å². The number of allylic oxidation sites excluding steroid dienone is 1. The Balaban J connectivity index is 1.63.